The first kappa shape index (κ1) is 24.7. The third-order valence-electron chi connectivity index (χ3n) is 4.32. The number of rotatable bonds is 9. The van der Waals surface area contributed by atoms with Gasteiger partial charge in [-0.3, -0.25) is 14.2 Å². The van der Waals surface area contributed by atoms with Gasteiger partial charge in [-0.05, 0) is 18.2 Å². The lowest BCUT2D eigenvalue weighted by molar-refractivity contribution is -0.119. The van der Waals surface area contributed by atoms with Crippen LogP contribution in [0, 0.1) is 12.3 Å². The minimum atomic E-state index is -0.351. The lowest BCUT2D eigenvalue weighted by Crippen LogP contribution is -2.31. The Morgan fingerprint density at radius 1 is 1.16 bits per heavy atom. The van der Waals surface area contributed by atoms with Gasteiger partial charge in [0.1, 0.15) is 13.2 Å². The highest BCUT2D eigenvalue weighted by Crippen LogP contribution is 2.25. The highest BCUT2D eigenvalue weighted by atomic mass is 35.5. The Balaban J connectivity index is 0.00000363. The van der Waals surface area contributed by atoms with E-state index in [1.54, 1.807) is 47.0 Å². The summed E-state index contributed by atoms with van der Waals surface area (Å²) in [5.74, 6) is 2.62. The smallest absolute Gasteiger partial charge is 0.234 e. The van der Waals surface area contributed by atoms with Crippen LogP contribution in [0.5, 0.6) is 0 Å². The van der Waals surface area contributed by atoms with Crippen molar-refractivity contribution in [2.24, 2.45) is 5.73 Å². The molecule has 1 aromatic heterocycles. The van der Waals surface area contributed by atoms with Crippen molar-refractivity contribution >= 4 is 23.3 Å². The van der Waals surface area contributed by atoms with Crippen LogP contribution in [0.4, 0.5) is 0 Å². The Labute approximate surface area is 189 Å². The molecule has 0 fully saturated rings. The molecule has 0 saturated carbocycles. The van der Waals surface area contributed by atoms with Gasteiger partial charge < -0.3 is 21.3 Å². The number of benzene rings is 2. The van der Waals surface area contributed by atoms with Crippen LogP contribution in [0.2, 0.25) is 5.02 Å². The Morgan fingerprint density at radius 3 is 2.56 bits per heavy atom. The number of hydrogen-bond donors (Lipinski definition) is 2. The van der Waals surface area contributed by atoms with Gasteiger partial charge in [0, 0.05) is 16.1 Å². The van der Waals surface area contributed by atoms with Crippen molar-refractivity contribution in [3.63, 3.8) is 0 Å². The first-order valence-corrected chi connectivity index (χ1v) is 9.73. The zero-order valence-corrected chi connectivity index (χ0v) is 17.8. The van der Waals surface area contributed by atoms with Gasteiger partial charge in [0.25, 0.3) is 0 Å². The van der Waals surface area contributed by atoms with E-state index in [1.165, 1.54) is 0 Å². The number of carbonyl (C=O) groups is 2. The Bertz CT molecular complexity index is 1130. The molecule has 166 valence electrons. The third-order valence-corrected chi connectivity index (χ3v) is 4.56. The number of ketones is 1. The minimum Gasteiger partial charge on any atom is -0.412 e. The molecule has 10 heteroatoms. The Morgan fingerprint density at radius 2 is 1.88 bits per heavy atom. The molecular weight excluding hydrogens is 434 g/mol. The van der Waals surface area contributed by atoms with Crippen LogP contribution in [0.3, 0.4) is 0 Å². The lowest BCUT2D eigenvalue weighted by Gasteiger charge is -2.15. The quantitative estimate of drug-likeness (QED) is 0.280. The van der Waals surface area contributed by atoms with Crippen molar-refractivity contribution in [2.75, 3.05) is 13.2 Å². The van der Waals surface area contributed by atoms with Crippen LogP contribution < -0.4 is 11.1 Å². The molecule has 3 rings (SSSR count). The van der Waals surface area contributed by atoms with Crippen molar-refractivity contribution in [1.82, 2.24) is 20.1 Å². The summed E-state index contributed by atoms with van der Waals surface area (Å²) in [6.07, 6.45) is 5.25. The van der Waals surface area contributed by atoms with E-state index in [0.29, 0.717) is 33.5 Å². The van der Waals surface area contributed by atoms with Crippen molar-refractivity contribution in [3.05, 3.63) is 76.3 Å². The van der Waals surface area contributed by atoms with Crippen LogP contribution in [-0.2, 0) is 22.7 Å². The van der Waals surface area contributed by atoms with Crippen molar-refractivity contribution < 1.29 is 19.8 Å². The molecule has 1 amide bonds. The van der Waals surface area contributed by atoms with Gasteiger partial charge in [0.2, 0.25) is 5.91 Å². The molecule has 0 atom stereocenters. The Hall–Kier alpha value is -3.55. The molecule has 0 saturated heterocycles. The molecular formula is C22H22ClN5O4. The minimum absolute atomic E-state index is 0. The molecule has 0 bridgehead atoms. The molecule has 32 heavy (non-hydrogen) atoms. The second-order valence-corrected chi connectivity index (χ2v) is 6.84. The largest absolute Gasteiger partial charge is 0.412 e. The monoisotopic (exact) mass is 455 g/mol. The van der Waals surface area contributed by atoms with E-state index in [-0.39, 0.29) is 43.5 Å². The SMILES string of the molecule is C#CCOCc1nnc(CNC(=O)CN)n1-c1ccc(Cl)cc1C(=O)c1ccccc1.O. The van der Waals surface area contributed by atoms with Crippen molar-refractivity contribution in [1.29, 1.82) is 0 Å². The fourth-order valence-corrected chi connectivity index (χ4v) is 3.09. The number of nitrogens with one attached hydrogen (secondary N) is 1. The average molecular weight is 456 g/mol. The summed E-state index contributed by atoms with van der Waals surface area (Å²) in [7, 11) is 0. The fourth-order valence-electron chi connectivity index (χ4n) is 2.92. The molecule has 5 N–H and O–H groups in total. The second-order valence-electron chi connectivity index (χ2n) is 6.40. The second kappa shape index (κ2) is 11.7. The third kappa shape index (κ3) is 5.78. The maximum absolute atomic E-state index is 13.3. The highest BCUT2D eigenvalue weighted by molar-refractivity contribution is 6.31. The topological polar surface area (TPSA) is 144 Å². The van der Waals surface area contributed by atoms with Crippen LogP contribution in [0.25, 0.3) is 5.69 Å². The van der Waals surface area contributed by atoms with E-state index in [1.807, 2.05) is 6.07 Å². The molecule has 1 heterocycles. The maximum Gasteiger partial charge on any atom is 0.234 e. The zero-order valence-electron chi connectivity index (χ0n) is 17.0. The number of nitrogens with two attached hydrogens (primary N) is 1. The molecule has 9 nitrogen and oxygen atoms in total. The van der Waals surface area contributed by atoms with E-state index in [4.69, 9.17) is 28.5 Å². The van der Waals surface area contributed by atoms with Gasteiger partial charge in [0.05, 0.1) is 18.8 Å². The van der Waals surface area contributed by atoms with E-state index < -0.39 is 0 Å². The van der Waals surface area contributed by atoms with E-state index >= 15 is 0 Å². The summed E-state index contributed by atoms with van der Waals surface area (Å²) >= 11 is 6.20. The fraction of sp³-hybridized carbons (Fsp3) is 0.182. The summed E-state index contributed by atoms with van der Waals surface area (Å²) in [5.41, 5.74) is 6.72. The van der Waals surface area contributed by atoms with Crippen LogP contribution in [-0.4, -0.2) is 45.1 Å². The number of halogens is 1. The average Bonchev–Trinajstić information content (AvgIpc) is 3.20. The molecule has 0 unspecified atom stereocenters. The summed E-state index contributed by atoms with van der Waals surface area (Å²) in [6, 6.07) is 13.8. The number of aromatic nitrogens is 3. The summed E-state index contributed by atoms with van der Waals surface area (Å²) in [6.45, 7) is 0.0386. The highest BCUT2D eigenvalue weighted by Gasteiger charge is 2.21. The summed E-state index contributed by atoms with van der Waals surface area (Å²) in [4.78, 5) is 24.9. The first-order valence-electron chi connectivity index (χ1n) is 9.36. The maximum atomic E-state index is 13.3. The number of hydrogen-bond acceptors (Lipinski definition) is 6. The van der Waals surface area contributed by atoms with E-state index in [2.05, 4.69) is 21.4 Å². The summed E-state index contributed by atoms with van der Waals surface area (Å²) < 4.78 is 7.07. The normalized spacial score (nSPS) is 10.2. The molecule has 0 aliphatic carbocycles. The first-order chi connectivity index (χ1) is 15.0. The lowest BCUT2D eigenvalue weighted by atomic mass is 10.0. The van der Waals surface area contributed by atoms with E-state index in [9.17, 15) is 9.59 Å². The predicted octanol–water partition coefficient (Wildman–Crippen LogP) is 1.05. The van der Waals surface area contributed by atoms with Crippen LogP contribution in [0.15, 0.2) is 48.5 Å². The predicted molar refractivity (Wildman–Crippen MR) is 119 cm³/mol. The zero-order chi connectivity index (χ0) is 22.2. The van der Waals surface area contributed by atoms with Gasteiger partial charge in [0.15, 0.2) is 17.4 Å². The molecule has 0 aliphatic heterocycles. The standard InChI is InChI=1S/C22H20ClN5O3.H2O/c1-2-10-31-14-20-27-26-19(13-25-21(29)12-24)28(20)18-9-8-16(23)11-17(18)22(30)15-6-4-3-5-7-15;/h1,3-9,11H,10,12-14,24H2,(H,25,29);1H2. The van der Waals surface area contributed by atoms with Gasteiger partial charge >= 0.3 is 0 Å². The molecule has 0 spiro atoms. The van der Waals surface area contributed by atoms with Crippen molar-refractivity contribution in [3.8, 4) is 18.0 Å². The van der Waals surface area contributed by atoms with Gasteiger partial charge in [-0.1, -0.05) is 47.9 Å². The number of ether oxygens (including phenoxy) is 1. The van der Waals surface area contributed by atoms with Gasteiger partial charge in [-0.15, -0.1) is 16.6 Å². The molecule has 2 aromatic carbocycles. The van der Waals surface area contributed by atoms with Crippen LogP contribution >= 0.6 is 11.6 Å². The van der Waals surface area contributed by atoms with E-state index in [0.717, 1.165) is 0 Å². The molecule has 0 aliphatic rings. The van der Waals surface area contributed by atoms with Gasteiger partial charge in [-0.25, -0.2) is 0 Å². The Kier molecular flexibility index (Phi) is 9.07. The van der Waals surface area contributed by atoms with Gasteiger partial charge in [-0.2, -0.15) is 0 Å². The number of amides is 1. The molecule has 0 radical (unpaired) electrons. The van der Waals surface area contributed by atoms with Crippen LogP contribution in [0.1, 0.15) is 27.6 Å². The summed E-state index contributed by atoms with van der Waals surface area (Å²) in [5, 5.41) is 11.4. The molecule has 3 aromatic rings. The number of carbonyl (C=O) groups excluding carboxylic acids is 2. The number of nitrogens with zero attached hydrogens (tertiary/aromatic N) is 3. The van der Waals surface area contributed by atoms with Crippen molar-refractivity contribution in [2.45, 2.75) is 13.2 Å². The number of terminal acetylenes is 1.